The lowest BCUT2D eigenvalue weighted by atomic mass is 10.1. The second kappa shape index (κ2) is 9.78. The monoisotopic (exact) mass is 358 g/mol. The molecular formula is C17H24Cl2N2O2. The van der Waals surface area contributed by atoms with E-state index in [9.17, 15) is 9.59 Å². The number of likely N-dealkylation sites (N-methyl/N-ethyl adjacent to an activating group) is 1. The zero-order valence-corrected chi connectivity index (χ0v) is 15.4. The highest BCUT2D eigenvalue weighted by Gasteiger charge is 2.27. The zero-order valence-electron chi connectivity index (χ0n) is 13.9. The van der Waals surface area contributed by atoms with Gasteiger partial charge in [0, 0.05) is 19.5 Å². The average molecular weight is 359 g/mol. The molecule has 0 heterocycles. The number of carbonyl (C=O) groups is 2. The molecule has 2 amide bonds. The Hall–Kier alpha value is -1.26. The fourth-order valence-corrected chi connectivity index (χ4v) is 2.72. The van der Waals surface area contributed by atoms with E-state index in [2.05, 4.69) is 5.32 Å². The average Bonchev–Trinajstić information content (AvgIpc) is 2.51. The third-order valence-corrected chi connectivity index (χ3v) is 4.28. The van der Waals surface area contributed by atoms with Gasteiger partial charge in [0.05, 0.1) is 10.0 Å². The van der Waals surface area contributed by atoms with Crippen molar-refractivity contribution in [3.8, 4) is 0 Å². The van der Waals surface area contributed by atoms with Crippen LogP contribution in [-0.2, 0) is 16.1 Å². The van der Waals surface area contributed by atoms with Crippen LogP contribution in [0.2, 0.25) is 10.0 Å². The first-order valence-electron chi connectivity index (χ1n) is 7.95. The number of nitrogens with zero attached hydrogens (tertiary/aromatic N) is 1. The molecule has 0 aromatic heterocycles. The molecule has 128 valence electrons. The molecule has 0 unspecified atom stereocenters. The third kappa shape index (κ3) is 5.70. The third-order valence-electron chi connectivity index (χ3n) is 3.54. The van der Waals surface area contributed by atoms with E-state index >= 15 is 0 Å². The molecule has 6 heteroatoms. The number of rotatable bonds is 8. The number of amides is 2. The Kier molecular flexibility index (Phi) is 8.42. The zero-order chi connectivity index (χ0) is 17.4. The van der Waals surface area contributed by atoms with Crippen LogP contribution < -0.4 is 5.32 Å². The second-order valence-corrected chi connectivity index (χ2v) is 6.15. The Morgan fingerprint density at radius 1 is 1.17 bits per heavy atom. The van der Waals surface area contributed by atoms with Gasteiger partial charge in [-0.25, -0.2) is 0 Å². The Labute approximate surface area is 148 Å². The van der Waals surface area contributed by atoms with E-state index in [0.29, 0.717) is 36.0 Å². The number of benzene rings is 1. The Balaban J connectivity index is 3.05. The van der Waals surface area contributed by atoms with Gasteiger partial charge in [-0.1, -0.05) is 43.1 Å². The van der Waals surface area contributed by atoms with Gasteiger partial charge in [0.2, 0.25) is 11.8 Å². The Bertz CT molecular complexity index is 549. The first-order valence-corrected chi connectivity index (χ1v) is 8.71. The van der Waals surface area contributed by atoms with E-state index in [1.54, 1.807) is 17.0 Å². The Morgan fingerprint density at radius 2 is 1.87 bits per heavy atom. The number of carbonyl (C=O) groups excluding carboxylic acids is 2. The summed E-state index contributed by atoms with van der Waals surface area (Å²) < 4.78 is 0. The van der Waals surface area contributed by atoms with Gasteiger partial charge in [0.1, 0.15) is 6.04 Å². The number of nitrogens with one attached hydrogen (secondary N) is 1. The van der Waals surface area contributed by atoms with E-state index in [0.717, 1.165) is 12.0 Å². The molecule has 1 rings (SSSR count). The van der Waals surface area contributed by atoms with E-state index in [-0.39, 0.29) is 11.8 Å². The molecule has 23 heavy (non-hydrogen) atoms. The first-order chi connectivity index (χ1) is 10.9. The summed E-state index contributed by atoms with van der Waals surface area (Å²) in [6.45, 7) is 6.59. The van der Waals surface area contributed by atoms with Crippen molar-refractivity contribution in [3.05, 3.63) is 33.8 Å². The summed E-state index contributed by atoms with van der Waals surface area (Å²) in [5.74, 6) is -0.156. The van der Waals surface area contributed by atoms with Crippen molar-refractivity contribution in [1.82, 2.24) is 10.2 Å². The predicted octanol–water partition coefficient (Wildman–Crippen LogP) is 4.04. The van der Waals surface area contributed by atoms with Crippen molar-refractivity contribution in [2.24, 2.45) is 0 Å². The van der Waals surface area contributed by atoms with Crippen molar-refractivity contribution in [2.75, 3.05) is 6.54 Å². The highest BCUT2D eigenvalue weighted by atomic mass is 35.5. The molecule has 1 N–H and O–H groups in total. The van der Waals surface area contributed by atoms with Crippen molar-refractivity contribution in [3.63, 3.8) is 0 Å². The van der Waals surface area contributed by atoms with E-state index in [4.69, 9.17) is 23.2 Å². The predicted molar refractivity (Wildman–Crippen MR) is 94.7 cm³/mol. The molecule has 1 atom stereocenters. The van der Waals surface area contributed by atoms with Crippen LogP contribution in [0.15, 0.2) is 18.2 Å². The first kappa shape index (κ1) is 19.8. The van der Waals surface area contributed by atoms with E-state index in [1.165, 1.54) is 0 Å². The quantitative estimate of drug-likeness (QED) is 0.762. The lowest BCUT2D eigenvalue weighted by molar-refractivity contribution is -0.141. The summed E-state index contributed by atoms with van der Waals surface area (Å²) >= 11 is 12.0. The fraction of sp³-hybridized carbons (Fsp3) is 0.529. The van der Waals surface area contributed by atoms with Crippen LogP contribution in [0.3, 0.4) is 0 Å². The maximum absolute atomic E-state index is 12.5. The van der Waals surface area contributed by atoms with Crippen LogP contribution in [0.1, 0.15) is 45.6 Å². The van der Waals surface area contributed by atoms with Gasteiger partial charge in [-0.3, -0.25) is 9.59 Å². The van der Waals surface area contributed by atoms with Crippen LogP contribution in [0.5, 0.6) is 0 Å². The Morgan fingerprint density at radius 3 is 2.39 bits per heavy atom. The van der Waals surface area contributed by atoms with Crippen LogP contribution in [0, 0.1) is 0 Å². The number of hydrogen-bond donors (Lipinski definition) is 1. The van der Waals surface area contributed by atoms with Gasteiger partial charge in [-0.2, -0.15) is 0 Å². The summed E-state index contributed by atoms with van der Waals surface area (Å²) in [6, 6.07) is 4.78. The molecule has 0 aliphatic carbocycles. The molecule has 0 bridgehead atoms. The largest absolute Gasteiger partial charge is 0.355 e. The van der Waals surface area contributed by atoms with Crippen LogP contribution in [0.25, 0.3) is 0 Å². The number of hydrogen-bond acceptors (Lipinski definition) is 2. The second-order valence-electron chi connectivity index (χ2n) is 5.34. The lowest BCUT2D eigenvalue weighted by Gasteiger charge is -2.30. The van der Waals surface area contributed by atoms with Gasteiger partial charge >= 0.3 is 0 Å². The van der Waals surface area contributed by atoms with Crippen LogP contribution >= 0.6 is 23.2 Å². The minimum Gasteiger partial charge on any atom is -0.355 e. The lowest BCUT2D eigenvalue weighted by Crippen LogP contribution is -2.48. The maximum Gasteiger partial charge on any atom is 0.242 e. The molecule has 0 radical (unpaired) electrons. The summed E-state index contributed by atoms with van der Waals surface area (Å²) in [7, 11) is 0. The minimum absolute atomic E-state index is 0.0309. The summed E-state index contributed by atoms with van der Waals surface area (Å²) in [5.41, 5.74) is 0.853. The molecule has 0 saturated heterocycles. The molecule has 4 nitrogen and oxygen atoms in total. The molecule has 1 aromatic carbocycles. The van der Waals surface area contributed by atoms with Gasteiger partial charge < -0.3 is 10.2 Å². The van der Waals surface area contributed by atoms with E-state index < -0.39 is 6.04 Å². The highest BCUT2D eigenvalue weighted by molar-refractivity contribution is 6.42. The summed E-state index contributed by atoms with van der Waals surface area (Å²) in [4.78, 5) is 26.4. The highest BCUT2D eigenvalue weighted by Crippen LogP contribution is 2.24. The van der Waals surface area contributed by atoms with Crippen LogP contribution in [-0.4, -0.2) is 29.3 Å². The van der Waals surface area contributed by atoms with Crippen LogP contribution in [0.4, 0.5) is 0 Å². The SMILES string of the molecule is CCCC(=O)N(Cc1ccc(Cl)c(Cl)c1)[C@@H](CC)C(=O)NCC. The standard InChI is InChI=1S/C17H24Cl2N2O2/c1-4-7-16(22)21(15(5-2)17(23)20-6-3)11-12-8-9-13(18)14(19)10-12/h8-10,15H,4-7,11H2,1-3H3,(H,20,23)/t15-/m0/s1. The summed E-state index contributed by atoms with van der Waals surface area (Å²) in [6.07, 6.45) is 1.71. The molecule has 0 aliphatic rings. The normalized spacial score (nSPS) is 11.9. The molecule has 0 spiro atoms. The maximum atomic E-state index is 12.5. The molecule has 1 aromatic rings. The van der Waals surface area contributed by atoms with Crippen molar-refractivity contribution >= 4 is 35.0 Å². The molecular weight excluding hydrogens is 335 g/mol. The topological polar surface area (TPSA) is 49.4 Å². The van der Waals surface area contributed by atoms with Gasteiger partial charge in [0.25, 0.3) is 0 Å². The summed E-state index contributed by atoms with van der Waals surface area (Å²) in [5, 5.41) is 3.71. The number of halogens is 2. The van der Waals surface area contributed by atoms with Gasteiger partial charge in [-0.15, -0.1) is 0 Å². The van der Waals surface area contributed by atoms with E-state index in [1.807, 2.05) is 26.8 Å². The van der Waals surface area contributed by atoms with Crippen molar-refractivity contribution in [1.29, 1.82) is 0 Å². The smallest absolute Gasteiger partial charge is 0.242 e. The fourth-order valence-electron chi connectivity index (χ4n) is 2.40. The molecule has 0 saturated carbocycles. The molecule has 0 fully saturated rings. The minimum atomic E-state index is -0.483. The molecule has 0 aliphatic heterocycles. The van der Waals surface area contributed by atoms with Crippen molar-refractivity contribution < 1.29 is 9.59 Å². The van der Waals surface area contributed by atoms with Gasteiger partial charge in [-0.05, 0) is 37.5 Å². The van der Waals surface area contributed by atoms with Gasteiger partial charge in [0.15, 0.2) is 0 Å². The van der Waals surface area contributed by atoms with Crippen molar-refractivity contribution in [2.45, 2.75) is 52.6 Å².